The Hall–Kier alpha value is -1.20. The molecule has 0 fully saturated rings. The molecule has 1 aromatic carbocycles. The third kappa shape index (κ3) is 3.45. The normalized spacial score (nSPS) is 10.9. The molecule has 3 heteroatoms. The molecule has 0 aromatic heterocycles. The Balaban J connectivity index is 2.74. The highest BCUT2D eigenvalue weighted by atomic mass is 35.5. The van der Waals surface area contributed by atoms with E-state index in [2.05, 4.69) is 11.4 Å². The largest absolute Gasteiger partial charge is 0.383 e. The Morgan fingerprint density at radius 3 is 2.73 bits per heavy atom. The van der Waals surface area contributed by atoms with Gasteiger partial charge in [0.2, 0.25) is 0 Å². The van der Waals surface area contributed by atoms with E-state index in [1.807, 2.05) is 39.0 Å². The summed E-state index contributed by atoms with van der Waals surface area (Å²) in [7, 11) is 0. The van der Waals surface area contributed by atoms with Gasteiger partial charge in [0.25, 0.3) is 0 Å². The van der Waals surface area contributed by atoms with Gasteiger partial charge in [0.1, 0.15) is 0 Å². The van der Waals surface area contributed by atoms with Crippen LogP contribution in [0.4, 0.5) is 5.69 Å². The van der Waals surface area contributed by atoms with Gasteiger partial charge in [0.05, 0.1) is 11.5 Å². The number of hydrogen-bond donors (Lipinski definition) is 1. The van der Waals surface area contributed by atoms with Gasteiger partial charge in [-0.25, -0.2) is 0 Å². The minimum atomic E-state index is -0.366. The van der Waals surface area contributed by atoms with Gasteiger partial charge in [-0.3, -0.25) is 0 Å². The summed E-state index contributed by atoms with van der Waals surface area (Å²) in [6, 6.07) is 7.95. The summed E-state index contributed by atoms with van der Waals surface area (Å²) >= 11 is 5.90. The van der Waals surface area contributed by atoms with Crippen molar-refractivity contribution in [2.45, 2.75) is 20.8 Å². The van der Waals surface area contributed by atoms with Crippen molar-refractivity contribution in [1.29, 1.82) is 5.26 Å². The van der Waals surface area contributed by atoms with Gasteiger partial charge in [-0.15, -0.1) is 0 Å². The summed E-state index contributed by atoms with van der Waals surface area (Å²) in [6.07, 6.45) is 0. The zero-order valence-corrected chi connectivity index (χ0v) is 10.0. The van der Waals surface area contributed by atoms with Crippen LogP contribution >= 0.6 is 11.6 Å². The molecule has 2 nitrogen and oxygen atoms in total. The van der Waals surface area contributed by atoms with E-state index >= 15 is 0 Å². The van der Waals surface area contributed by atoms with Crippen LogP contribution in [0.15, 0.2) is 18.2 Å². The Morgan fingerprint density at radius 2 is 2.13 bits per heavy atom. The maximum Gasteiger partial charge on any atom is 0.0702 e. The molecular formula is C12H15ClN2. The Morgan fingerprint density at radius 1 is 1.47 bits per heavy atom. The molecule has 80 valence electrons. The maximum absolute atomic E-state index is 8.88. The molecule has 0 bridgehead atoms. The Bertz CT molecular complexity index is 391. The van der Waals surface area contributed by atoms with Crippen LogP contribution in [-0.4, -0.2) is 6.54 Å². The molecule has 0 amide bonds. The van der Waals surface area contributed by atoms with Crippen LogP contribution in [0.25, 0.3) is 0 Å². The second kappa shape index (κ2) is 4.55. The van der Waals surface area contributed by atoms with Gasteiger partial charge in [-0.1, -0.05) is 17.7 Å². The molecule has 1 rings (SSSR count). The summed E-state index contributed by atoms with van der Waals surface area (Å²) < 4.78 is 0. The maximum atomic E-state index is 8.88. The van der Waals surface area contributed by atoms with E-state index in [0.29, 0.717) is 11.6 Å². The number of nitrogens with one attached hydrogen (secondary N) is 1. The lowest BCUT2D eigenvalue weighted by Gasteiger charge is -2.18. The van der Waals surface area contributed by atoms with Crippen LogP contribution in [0, 0.1) is 23.7 Å². The molecule has 15 heavy (non-hydrogen) atoms. The van der Waals surface area contributed by atoms with E-state index in [4.69, 9.17) is 16.9 Å². The number of hydrogen-bond acceptors (Lipinski definition) is 2. The highest BCUT2D eigenvalue weighted by Crippen LogP contribution is 2.22. The minimum absolute atomic E-state index is 0.366. The van der Waals surface area contributed by atoms with Crippen molar-refractivity contribution in [3.8, 4) is 6.07 Å². The van der Waals surface area contributed by atoms with Crippen molar-refractivity contribution >= 4 is 17.3 Å². The topological polar surface area (TPSA) is 35.8 Å². The molecule has 0 atom stereocenters. The second-order valence-corrected chi connectivity index (χ2v) is 4.74. The number of anilines is 1. The fourth-order valence-electron chi connectivity index (χ4n) is 1.14. The van der Waals surface area contributed by atoms with E-state index in [-0.39, 0.29) is 5.41 Å². The minimum Gasteiger partial charge on any atom is -0.383 e. The fraction of sp³-hybridized carbons (Fsp3) is 0.417. The number of benzene rings is 1. The molecule has 0 saturated heterocycles. The van der Waals surface area contributed by atoms with Gasteiger partial charge in [-0.2, -0.15) is 5.26 Å². The summed E-state index contributed by atoms with van der Waals surface area (Å²) in [4.78, 5) is 0. The quantitative estimate of drug-likeness (QED) is 0.848. The first-order valence-corrected chi connectivity index (χ1v) is 5.24. The number of aryl methyl sites for hydroxylation is 1. The van der Waals surface area contributed by atoms with Gasteiger partial charge >= 0.3 is 0 Å². The van der Waals surface area contributed by atoms with E-state index in [0.717, 1.165) is 11.3 Å². The van der Waals surface area contributed by atoms with E-state index in [1.165, 1.54) is 0 Å². The summed E-state index contributed by atoms with van der Waals surface area (Å²) in [5, 5.41) is 12.8. The standard InChI is InChI=1S/C12H15ClN2/c1-9-4-5-10(13)6-11(9)15-8-12(2,3)7-14/h4-6,15H,8H2,1-3H3. The van der Waals surface area contributed by atoms with Crippen molar-refractivity contribution in [2.24, 2.45) is 5.41 Å². The third-order valence-corrected chi connectivity index (χ3v) is 2.46. The predicted octanol–water partition coefficient (Wildman–Crippen LogP) is 3.61. The number of halogens is 1. The molecule has 0 radical (unpaired) electrons. The summed E-state index contributed by atoms with van der Waals surface area (Å²) in [6.45, 7) is 6.43. The summed E-state index contributed by atoms with van der Waals surface area (Å²) in [5.41, 5.74) is 1.76. The van der Waals surface area contributed by atoms with Crippen LogP contribution in [0.5, 0.6) is 0 Å². The van der Waals surface area contributed by atoms with Gasteiger partial charge < -0.3 is 5.32 Å². The Kier molecular flexibility index (Phi) is 3.60. The first-order chi connectivity index (χ1) is 6.94. The molecule has 0 spiro atoms. The first kappa shape index (κ1) is 11.9. The molecule has 1 aromatic rings. The second-order valence-electron chi connectivity index (χ2n) is 4.31. The zero-order valence-electron chi connectivity index (χ0n) is 9.26. The van der Waals surface area contributed by atoms with Gasteiger partial charge in [-0.05, 0) is 38.5 Å². The van der Waals surface area contributed by atoms with E-state index in [9.17, 15) is 0 Å². The molecule has 0 aliphatic rings. The van der Waals surface area contributed by atoms with E-state index < -0.39 is 0 Å². The van der Waals surface area contributed by atoms with Crippen molar-refractivity contribution in [3.63, 3.8) is 0 Å². The SMILES string of the molecule is Cc1ccc(Cl)cc1NCC(C)(C)C#N. The number of rotatable bonds is 3. The molecular weight excluding hydrogens is 208 g/mol. The lowest BCUT2D eigenvalue weighted by atomic mass is 9.96. The van der Waals surface area contributed by atoms with Gasteiger partial charge in [0, 0.05) is 17.3 Å². The molecule has 1 N–H and O–H groups in total. The summed E-state index contributed by atoms with van der Waals surface area (Å²) in [5.74, 6) is 0. The zero-order chi connectivity index (χ0) is 11.5. The molecule has 0 unspecified atom stereocenters. The van der Waals surface area contributed by atoms with Crippen LogP contribution in [0.1, 0.15) is 19.4 Å². The van der Waals surface area contributed by atoms with Gasteiger partial charge in [0.15, 0.2) is 0 Å². The lowest BCUT2D eigenvalue weighted by molar-refractivity contribution is 0.529. The highest BCUT2D eigenvalue weighted by Gasteiger charge is 2.16. The number of nitrogens with zero attached hydrogens (tertiary/aromatic N) is 1. The van der Waals surface area contributed by atoms with E-state index in [1.54, 1.807) is 0 Å². The molecule has 0 aliphatic carbocycles. The van der Waals surface area contributed by atoms with Crippen LogP contribution < -0.4 is 5.32 Å². The average molecular weight is 223 g/mol. The van der Waals surface area contributed by atoms with Crippen LogP contribution in [0.2, 0.25) is 5.02 Å². The number of nitriles is 1. The molecule has 0 aliphatic heterocycles. The third-order valence-electron chi connectivity index (χ3n) is 2.22. The predicted molar refractivity (Wildman–Crippen MR) is 64.1 cm³/mol. The smallest absolute Gasteiger partial charge is 0.0702 e. The molecule has 0 heterocycles. The lowest BCUT2D eigenvalue weighted by Crippen LogP contribution is -2.21. The monoisotopic (exact) mass is 222 g/mol. The van der Waals surface area contributed by atoms with Crippen LogP contribution in [-0.2, 0) is 0 Å². The highest BCUT2D eigenvalue weighted by molar-refractivity contribution is 6.30. The van der Waals surface area contributed by atoms with Crippen molar-refractivity contribution in [1.82, 2.24) is 0 Å². The fourth-order valence-corrected chi connectivity index (χ4v) is 1.31. The van der Waals surface area contributed by atoms with Crippen molar-refractivity contribution < 1.29 is 0 Å². The molecule has 0 saturated carbocycles. The average Bonchev–Trinajstić information content (AvgIpc) is 2.20. The first-order valence-electron chi connectivity index (χ1n) is 4.86. The Labute approximate surface area is 95.9 Å². The van der Waals surface area contributed by atoms with Crippen molar-refractivity contribution in [2.75, 3.05) is 11.9 Å². The van der Waals surface area contributed by atoms with Crippen molar-refractivity contribution in [3.05, 3.63) is 28.8 Å². The van der Waals surface area contributed by atoms with Crippen LogP contribution in [0.3, 0.4) is 0 Å².